The smallest absolute Gasteiger partial charge is 0.203 e. The number of hydrogen-bond acceptors (Lipinski definition) is 6. The summed E-state index contributed by atoms with van der Waals surface area (Å²) in [7, 11) is 0. The van der Waals surface area contributed by atoms with Crippen LogP contribution in [0.3, 0.4) is 0 Å². The lowest BCUT2D eigenvalue weighted by Crippen LogP contribution is -2.67. The molecule has 2 aliphatic rings. The van der Waals surface area contributed by atoms with Gasteiger partial charge < -0.3 is 20.4 Å². The number of hydrogen-bond donors (Lipinski definition) is 4. The number of carbonyl (C=O) groups is 2. The zero-order valence-corrected chi connectivity index (χ0v) is 18.4. The maximum atomic E-state index is 13.4. The van der Waals surface area contributed by atoms with Gasteiger partial charge in [-0.15, -0.1) is 0 Å². The van der Waals surface area contributed by atoms with E-state index in [0.717, 1.165) is 19.3 Å². The molecule has 0 spiro atoms. The molecule has 0 heterocycles. The Hall–Kier alpha value is -1.24. The highest BCUT2D eigenvalue weighted by molar-refractivity contribution is 6.02. The van der Waals surface area contributed by atoms with Crippen molar-refractivity contribution in [2.75, 3.05) is 6.61 Å². The fourth-order valence-electron chi connectivity index (χ4n) is 5.88. The second-order valence-corrected chi connectivity index (χ2v) is 9.52. The van der Waals surface area contributed by atoms with Crippen molar-refractivity contribution in [3.63, 3.8) is 0 Å². The van der Waals surface area contributed by atoms with Crippen LogP contribution in [-0.4, -0.2) is 50.8 Å². The van der Waals surface area contributed by atoms with E-state index >= 15 is 0 Å². The second-order valence-electron chi connectivity index (χ2n) is 9.52. The molecule has 1 fully saturated rings. The highest BCUT2D eigenvalue weighted by Crippen LogP contribution is 2.63. The summed E-state index contributed by atoms with van der Waals surface area (Å²) in [6.07, 6.45) is 1.72. The Morgan fingerprint density at radius 1 is 1.24 bits per heavy atom. The van der Waals surface area contributed by atoms with E-state index < -0.39 is 40.5 Å². The molecule has 2 rings (SSSR count). The van der Waals surface area contributed by atoms with E-state index in [0.29, 0.717) is 12.0 Å². The van der Waals surface area contributed by atoms with Crippen LogP contribution < -0.4 is 0 Å². The minimum absolute atomic E-state index is 0.135. The lowest BCUT2D eigenvalue weighted by Gasteiger charge is -2.60. The average molecular weight is 411 g/mol. The van der Waals surface area contributed by atoms with Gasteiger partial charge in [0.15, 0.2) is 5.76 Å². The highest BCUT2D eigenvalue weighted by atomic mass is 16.3. The molecule has 4 N–H and O–H groups in total. The lowest BCUT2D eigenvalue weighted by molar-refractivity contribution is -0.190. The SMILES string of the molecule is CCCCC[C@@H](C)C1=C(O)C(=O)[C@@H]2[C@H](O)[C@H](C)C[C@H](O)[C@@]2(C)[C@]1(C)C(=O)CCO. The molecule has 2 aliphatic carbocycles. The summed E-state index contributed by atoms with van der Waals surface area (Å²) in [5.74, 6) is -2.98. The third kappa shape index (κ3) is 3.57. The van der Waals surface area contributed by atoms with Gasteiger partial charge in [0, 0.05) is 18.4 Å². The summed E-state index contributed by atoms with van der Waals surface area (Å²) < 4.78 is 0. The molecule has 0 aromatic heterocycles. The fourth-order valence-corrected chi connectivity index (χ4v) is 5.88. The zero-order chi connectivity index (χ0) is 22.1. The van der Waals surface area contributed by atoms with E-state index in [1.807, 2.05) is 6.92 Å². The summed E-state index contributed by atoms with van der Waals surface area (Å²) in [4.78, 5) is 26.6. The molecule has 29 heavy (non-hydrogen) atoms. The van der Waals surface area contributed by atoms with Crippen LogP contribution in [-0.2, 0) is 9.59 Å². The minimum atomic E-state index is -1.36. The third-order valence-electron chi connectivity index (χ3n) is 7.87. The zero-order valence-electron chi connectivity index (χ0n) is 18.4. The molecular weight excluding hydrogens is 372 g/mol. The van der Waals surface area contributed by atoms with Gasteiger partial charge in [-0.25, -0.2) is 0 Å². The summed E-state index contributed by atoms with van der Waals surface area (Å²) in [6.45, 7) is 8.77. The number of allylic oxidation sites excluding steroid dienone is 2. The Labute approximate surface area is 174 Å². The van der Waals surface area contributed by atoms with Crippen LogP contribution in [0.5, 0.6) is 0 Å². The molecule has 1 saturated carbocycles. The van der Waals surface area contributed by atoms with Crippen molar-refractivity contribution in [2.24, 2.45) is 28.6 Å². The molecule has 166 valence electrons. The van der Waals surface area contributed by atoms with Gasteiger partial charge in [0.25, 0.3) is 0 Å². The molecule has 0 saturated heterocycles. The molecule has 0 aromatic rings. The van der Waals surface area contributed by atoms with Crippen LogP contribution in [0, 0.1) is 28.6 Å². The first kappa shape index (κ1) is 24.0. The van der Waals surface area contributed by atoms with Crippen molar-refractivity contribution in [1.82, 2.24) is 0 Å². The van der Waals surface area contributed by atoms with E-state index in [4.69, 9.17) is 0 Å². The third-order valence-corrected chi connectivity index (χ3v) is 7.87. The topological polar surface area (TPSA) is 115 Å². The molecular formula is C23H38O6. The van der Waals surface area contributed by atoms with Gasteiger partial charge in [-0.3, -0.25) is 9.59 Å². The first-order valence-electron chi connectivity index (χ1n) is 11.0. The number of ketones is 2. The number of rotatable bonds is 8. The van der Waals surface area contributed by atoms with Gasteiger partial charge in [0.2, 0.25) is 5.78 Å². The number of unbranched alkanes of at least 4 members (excludes halogenated alkanes) is 2. The quantitative estimate of drug-likeness (QED) is 0.457. The first-order valence-corrected chi connectivity index (χ1v) is 11.0. The molecule has 0 radical (unpaired) electrons. The van der Waals surface area contributed by atoms with E-state index in [1.165, 1.54) is 0 Å². The number of aliphatic hydroxyl groups excluding tert-OH is 4. The van der Waals surface area contributed by atoms with Gasteiger partial charge in [-0.2, -0.15) is 0 Å². The summed E-state index contributed by atoms with van der Waals surface area (Å²) >= 11 is 0. The van der Waals surface area contributed by atoms with E-state index in [1.54, 1.807) is 20.8 Å². The molecule has 0 bridgehead atoms. The Kier molecular flexibility index (Phi) is 7.35. The Morgan fingerprint density at radius 2 is 1.86 bits per heavy atom. The van der Waals surface area contributed by atoms with Gasteiger partial charge in [-0.1, -0.05) is 47.0 Å². The van der Waals surface area contributed by atoms with Crippen molar-refractivity contribution in [3.05, 3.63) is 11.3 Å². The molecule has 0 unspecified atom stereocenters. The lowest BCUT2D eigenvalue weighted by atomic mass is 9.43. The number of fused-ring (bicyclic) bond motifs is 1. The highest BCUT2D eigenvalue weighted by Gasteiger charge is 2.68. The normalized spacial score (nSPS) is 38.7. The van der Waals surface area contributed by atoms with Crippen LogP contribution in [0.1, 0.15) is 73.1 Å². The predicted octanol–water partition coefficient (Wildman–Crippen LogP) is 2.94. The van der Waals surface area contributed by atoms with Crippen LogP contribution in [0.2, 0.25) is 0 Å². The predicted molar refractivity (Wildman–Crippen MR) is 110 cm³/mol. The Balaban J connectivity index is 2.71. The van der Waals surface area contributed by atoms with Crippen molar-refractivity contribution in [2.45, 2.75) is 85.4 Å². The van der Waals surface area contributed by atoms with Crippen molar-refractivity contribution in [1.29, 1.82) is 0 Å². The molecule has 0 amide bonds. The van der Waals surface area contributed by atoms with Crippen LogP contribution in [0.15, 0.2) is 11.3 Å². The standard InChI is InChI=1S/C23H38O6/c1-6-7-8-9-13(2)17-20(28)21(29)18-19(27)14(3)12-16(26)23(18,5)22(17,4)15(25)10-11-24/h13-14,16,18-19,24,26-28H,6-12H2,1-5H3/t13-,14-,16+,18+,19-,22-,23-/m1/s1. The fraction of sp³-hybridized carbons (Fsp3) is 0.826. The molecule has 0 aliphatic heterocycles. The van der Waals surface area contributed by atoms with Crippen LogP contribution in [0.4, 0.5) is 0 Å². The van der Waals surface area contributed by atoms with Crippen LogP contribution in [0.25, 0.3) is 0 Å². The van der Waals surface area contributed by atoms with Crippen molar-refractivity contribution in [3.8, 4) is 0 Å². The van der Waals surface area contributed by atoms with E-state index in [-0.39, 0.29) is 37.1 Å². The average Bonchev–Trinajstić information content (AvgIpc) is 2.65. The van der Waals surface area contributed by atoms with Gasteiger partial charge >= 0.3 is 0 Å². The van der Waals surface area contributed by atoms with Crippen LogP contribution >= 0.6 is 0 Å². The maximum absolute atomic E-state index is 13.4. The summed E-state index contributed by atoms with van der Waals surface area (Å²) in [6, 6.07) is 0. The van der Waals surface area contributed by atoms with E-state index in [2.05, 4.69) is 6.92 Å². The largest absolute Gasteiger partial charge is 0.504 e. The number of carbonyl (C=O) groups excluding carboxylic acids is 2. The van der Waals surface area contributed by atoms with Gasteiger partial charge in [0.1, 0.15) is 5.78 Å². The molecule has 6 heteroatoms. The minimum Gasteiger partial charge on any atom is -0.504 e. The van der Waals surface area contributed by atoms with E-state index in [9.17, 15) is 30.0 Å². The van der Waals surface area contributed by atoms with Gasteiger partial charge in [-0.05, 0) is 37.2 Å². The van der Waals surface area contributed by atoms with Gasteiger partial charge in [0.05, 0.1) is 23.5 Å². The first-order chi connectivity index (χ1) is 13.5. The van der Waals surface area contributed by atoms with Crippen molar-refractivity contribution >= 4 is 11.6 Å². The Bertz CT molecular complexity index is 670. The summed E-state index contributed by atoms with van der Waals surface area (Å²) in [5, 5.41) is 42.4. The Morgan fingerprint density at radius 3 is 2.41 bits per heavy atom. The number of Topliss-reactive ketones (excluding diaryl/α,β-unsaturated/α-hetero) is 2. The molecule has 0 aromatic carbocycles. The molecule has 7 atom stereocenters. The summed E-state index contributed by atoms with van der Waals surface area (Å²) in [5.41, 5.74) is -2.26. The molecule has 6 nitrogen and oxygen atoms in total. The number of aliphatic hydroxyl groups is 4. The maximum Gasteiger partial charge on any atom is 0.203 e. The second kappa shape index (κ2) is 8.86. The monoisotopic (exact) mass is 410 g/mol. The van der Waals surface area contributed by atoms with Crippen molar-refractivity contribution < 1.29 is 30.0 Å².